The summed E-state index contributed by atoms with van der Waals surface area (Å²) >= 11 is 2.60. The molecule has 10 heavy (non-hydrogen) atoms. The number of aryl methyl sites for hydroxylation is 2. The van der Waals surface area contributed by atoms with E-state index in [1.807, 2.05) is 0 Å². The predicted molar refractivity (Wildman–Crippen MR) is 46.8 cm³/mol. The molecule has 0 fully saturated rings. The van der Waals surface area contributed by atoms with Gasteiger partial charge in [-0.1, -0.05) is 0 Å². The summed E-state index contributed by atoms with van der Waals surface area (Å²) in [7, 11) is 0. The van der Waals surface area contributed by atoms with E-state index in [1.165, 1.54) is 16.7 Å². The Kier molecular flexibility index (Phi) is 2.53. The van der Waals surface area contributed by atoms with Gasteiger partial charge in [0.2, 0.25) is 0 Å². The van der Waals surface area contributed by atoms with Gasteiger partial charge in [-0.15, -0.1) is 0 Å². The molecule has 0 unspecified atom stereocenters. The summed E-state index contributed by atoms with van der Waals surface area (Å²) in [5.41, 5.74) is 4.14. The van der Waals surface area contributed by atoms with Gasteiger partial charge < -0.3 is 0 Å². The van der Waals surface area contributed by atoms with Gasteiger partial charge in [-0.25, -0.2) is 0 Å². The first-order valence-corrected chi connectivity index (χ1v) is 4.73. The van der Waals surface area contributed by atoms with E-state index in [2.05, 4.69) is 48.1 Å². The van der Waals surface area contributed by atoms with Crippen LogP contribution in [-0.4, -0.2) is 16.0 Å². The van der Waals surface area contributed by atoms with Crippen molar-refractivity contribution in [1.29, 1.82) is 0 Å². The summed E-state index contributed by atoms with van der Waals surface area (Å²) in [6, 6.07) is 6.66. The van der Waals surface area contributed by atoms with Gasteiger partial charge in [0, 0.05) is 0 Å². The molecule has 0 amide bonds. The Hall–Kier alpha value is -0.261. The second-order valence-corrected chi connectivity index (χ2v) is 3.32. The molecule has 0 atom stereocenters. The fraction of sp³-hybridized carbons (Fsp3) is 0.333. The molecule has 0 saturated carbocycles. The molecule has 1 aromatic rings. The summed E-state index contributed by atoms with van der Waals surface area (Å²) in [4.78, 5) is 0. The molecule has 0 aliphatic heterocycles. The second kappa shape index (κ2) is 3.23. The number of hydrogen-bond donors (Lipinski definition) is 0. The third kappa shape index (κ3) is 1.86. The Labute approximate surface area is 70.5 Å². The van der Waals surface area contributed by atoms with Gasteiger partial charge in [-0.2, -0.15) is 0 Å². The fourth-order valence-corrected chi connectivity index (χ4v) is 1.54. The van der Waals surface area contributed by atoms with Gasteiger partial charge in [0.15, 0.2) is 0 Å². The molecular weight excluding hydrogens is 187 g/mol. The molecule has 1 rings (SSSR count). The van der Waals surface area contributed by atoms with Crippen molar-refractivity contribution in [2.75, 3.05) is 0 Å². The molecule has 54 valence electrons. The maximum atomic E-state index is 2.60. The minimum atomic E-state index is 1.08. The standard InChI is InChI=1S/C9H12Se/c1-7-3-8(2)5-9(4-7)6-10/h3-5,10H,6H2,1-2H3. The second-order valence-electron chi connectivity index (χ2n) is 2.65. The van der Waals surface area contributed by atoms with E-state index in [1.54, 1.807) is 0 Å². The van der Waals surface area contributed by atoms with Gasteiger partial charge >= 0.3 is 70.1 Å². The average molecular weight is 199 g/mol. The van der Waals surface area contributed by atoms with Gasteiger partial charge in [0.1, 0.15) is 0 Å². The maximum absolute atomic E-state index is 2.60. The van der Waals surface area contributed by atoms with Crippen LogP contribution in [0.3, 0.4) is 0 Å². The first kappa shape index (κ1) is 7.84. The van der Waals surface area contributed by atoms with Crippen LogP contribution in [0.5, 0.6) is 0 Å². The van der Waals surface area contributed by atoms with Crippen molar-refractivity contribution in [1.82, 2.24) is 0 Å². The summed E-state index contributed by atoms with van der Waals surface area (Å²) in [6.07, 6.45) is 0. The van der Waals surface area contributed by atoms with Gasteiger partial charge in [-0.3, -0.25) is 0 Å². The van der Waals surface area contributed by atoms with E-state index in [9.17, 15) is 0 Å². The van der Waals surface area contributed by atoms with Crippen LogP contribution in [0.2, 0.25) is 0 Å². The van der Waals surface area contributed by atoms with E-state index in [-0.39, 0.29) is 0 Å². The number of hydrogen-bond acceptors (Lipinski definition) is 0. The molecule has 0 aliphatic carbocycles. The van der Waals surface area contributed by atoms with Crippen LogP contribution in [0, 0.1) is 13.8 Å². The van der Waals surface area contributed by atoms with Crippen LogP contribution in [0.1, 0.15) is 16.7 Å². The third-order valence-electron chi connectivity index (χ3n) is 1.46. The van der Waals surface area contributed by atoms with Crippen LogP contribution >= 0.6 is 0 Å². The van der Waals surface area contributed by atoms with E-state index >= 15 is 0 Å². The Morgan fingerprint density at radius 1 is 1.10 bits per heavy atom. The third-order valence-corrected chi connectivity index (χ3v) is 2.23. The summed E-state index contributed by atoms with van der Waals surface area (Å²) in [5, 5.41) is 1.08. The van der Waals surface area contributed by atoms with Crippen LogP contribution in [-0.2, 0) is 5.32 Å². The van der Waals surface area contributed by atoms with Crippen LogP contribution in [0.4, 0.5) is 0 Å². The molecule has 0 saturated heterocycles. The van der Waals surface area contributed by atoms with Gasteiger partial charge in [-0.05, 0) is 0 Å². The number of rotatable bonds is 1. The van der Waals surface area contributed by atoms with E-state index in [0.717, 1.165) is 5.32 Å². The monoisotopic (exact) mass is 200 g/mol. The summed E-state index contributed by atoms with van der Waals surface area (Å²) in [5.74, 6) is 0. The van der Waals surface area contributed by atoms with Crippen molar-refractivity contribution in [3.05, 3.63) is 34.9 Å². The molecule has 0 aromatic heterocycles. The first-order chi connectivity index (χ1) is 4.72. The topological polar surface area (TPSA) is 0 Å². The van der Waals surface area contributed by atoms with E-state index < -0.39 is 0 Å². The average Bonchev–Trinajstić information content (AvgIpc) is 1.85. The Bertz CT molecular complexity index is 208. The fourth-order valence-electron chi connectivity index (χ4n) is 1.16. The first-order valence-electron chi connectivity index (χ1n) is 3.40. The minimum absolute atomic E-state index is 1.08. The molecule has 0 bridgehead atoms. The zero-order valence-corrected chi connectivity index (χ0v) is 8.26. The van der Waals surface area contributed by atoms with E-state index in [0.29, 0.717) is 0 Å². The van der Waals surface area contributed by atoms with Crippen molar-refractivity contribution >= 4 is 16.0 Å². The summed E-state index contributed by atoms with van der Waals surface area (Å²) < 4.78 is 0. The Morgan fingerprint density at radius 2 is 1.60 bits per heavy atom. The summed E-state index contributed by atoms with van der Waals surface area (Å²) in [6.45, 7) is 4.28. The SMILES string of the molecule is Cc1cc(C)cc(C[SeH])c1. The molecule has 0 nitrogen and oxygen atoms in total. The molecule has 0 radical (unpaired) electrons. The molecule has 0 N–H and O–H groups in total. The Balaban J connectivity index is 3.06. The van der Waals surface area contributed by atoms with Gasteiger partial charge in [0.05, 0.1) is 0 Å². The predicted octanol–water partition coefficient (Wildman–Crippen LogP) is 1.70. The van der Waals surface area contributed by atoms with Crippen molar-refractivity contribution in [2.24, 2.45) is 0 Å². The molecule has 1 heteroatoms. The van der Waals surface area contributed by atoms with Crippen molar-refractivity contribution in [2.45, 2.75) is 19.2 Å². The van der Waals surface area contributed by atoms with Crippen LogP contribution < -0.4 is 0 Å². The normalized spacial score (nSPS) is 9.90. The molecular formula is C9H12Se. The molecule has 0 spiro atoms. The van der Waals surface area contributed by atoms with Crippen molar-refractivity contribution in [3.63, 3.8) is 0 Å². The molecule has 1 aromatic carbocycles. The Morgan fingerprint density at radius 3 is 2.00 bits per heavy atom. The number of benzene rings is 1. The van der Waals surface area contributed by atoms with E-state index in [4.69, 9.17) is 0 Å². The molecule has 0 aliphatic rings. The van der Waals surface area contributed by atoms with Crippen LogP contribution in [0.25, 0.3) is 0 Å². The zero-order valence-electron chi connectivity index (χ0n) is 6.39. The van der Waals surface area contributed by atoms with Crippen molar-refractivity contribution < 1.29 is 0 Å². The molecule has 0 heterocycles. The van der Waals surface area contributed by atoms with Crippen molar-refractivity contribution in [3.8, 4) is 0 Å². The van der Waals surface area contributed by atoms with Gasteiger partial charge in [0.25, 0.3) is 0 Å². The zero-order chi connectivity index (χ0) is 7.56. The van der Waals surface area contributed by atoms with Crippen LogP contribution in [0.15, 0.2) is 18.2 Å². The quantitative estimate of drug-likeness (QED) is 0.604.